The van der Waals surface area contributed by atoms with Crippen LogP contribution in [0.25, 0.3) is 0 Å². The van der Waals surface area contributed by atoms with Gasteiger partial charge in [0.05, 0.1) is 22.8 Å². The molecule has 8 nitrogen and oxygen atoms in total. The Morgan fingerprint density at radius 3 is 2.08 bits per heavy atom. The average molecular weight is 356 g/mol. The van der Waals surface area contributed by atoms with Crippen molar-refractivity contribution in [3.05, 3.63) is 58.6 Å². The second kappa shape index (κ2) is 9.26. The number of carbonyl (C=O) groups excluding carboxylic acids is 1. The summed E-state index contributed by atoms with van der Waals surface area (Å²) in [4.78, 5) is 23.1. The molecular weight excluding hydrogens is 336 g/mol. The van der Waals surface area contributed by atoms with Gasteiger partial charge in [-0.15, -0.1) is 0 Å². The number of anilines is 1. The monoisotopic (exact) mass is 356 g/mol. The van der Waals surface area contributed by atoms with Crippen LogP contribution in [0.2, 0.25) is 0 Å². The topological polar surface area (TPSA) is 97.4 Å². The molecule has 0 aromatic heterocycles. The largest absolute Gasteiger partial charge is 0.464 e. The maximum atomic E-state index is 10.8. The highest BCUT2D eigenvalue weighted by atomic mass is 16.6. The van der Waals surface area contributed by atoms with Gasteiger partial charge in [0.15, 0.2) is 0 Å². The van der Waals surface area contributed by atoms with Crippen LogP contribution in [-0.2, 0) is 9.53 Å². The Kier molecular flexibility index (Phi) is 6.78. The molecule has 0 saturated heterocycles. The lowest BCUT2D eigenvalue weighted by Gasteiger charge is -2.22. The number of rotatable bonds is 8. The fourth-order valence-corrected chi connectivity index (χ4v) is 2.26. The number of nitro groups is 1. The Labute approximate surface area is 151 Å². The van der Waals surface area contributed by atoms with Crippen molar-refractivity contribution in [3.63, 3.8) is 0 Å². The van der Waals surface area contributed by atoms with E-state index in [4.69, 9.17) is 4.74 Å². The third-order valence-electron chi connectivity index (χ3n) is 3.60. The number of hydrogen-bond acceptors (Lipinski definition) is 7. The normalized spacial score (nSPS) is 10.7. The van der Waals surface area contributed by atoms with Crippen molar-refractivity contribution in [2.24, 2.45) is 10.2 Å². The number of likely N-dealkylation sites (N-methyl/N-ethyl adjacent to an activating group) is 1. The number of hydrogen-bond donors (Lipinski definition) is 0. The molecule has 0 heterocycles. The molecule has 0 fully saturated rings. The van der Waals surface area contributed by atoms with E-state index < -0.39 is 4.92 Å². The SMILES string of the molecule is CCN(CCOC(C)=O)c1ccc(N=Nc2ccc([N+](=O)[O-])cc2)cc1. The predicted molar refractivity (Wildman–Crippen MR) is 98.2 cm³/mol. The molecule has 0 aliphatic heterocycles. The molecule has 0 unspecified atom stereocenters. The van der Waals surface area contributed by atoms with Crippen molar-refractivity contribution in [1.82, 2.24) is 0 Å². The van der Waals surface area contributed by atoms with Crippen LogP contribution in [0.15, 0.2) is 58.8 Å². The number of nitrogens with zero attached hydrogens (tertiary/aromatic N) is 4. The first-order valence-electron chi connectivity index (χ1n) is 8.14. The zero-order valence-electron chi connectivity index (χ0n) is 14.7. The van der Waals surface area contributed by atoms with Gasteiger partial charge in [0, 0.05) is 31.3 Å². The lowest BCUT2D eigenvalue weighted by Crippen LogP contribution is -2.27. The van der Waals surface area contributed by atoms with Crippen LogP contribution in [0.3, 0.4) is 0 Å². The van der Waals surface area contributed by atoms with Gasteiger partial charge in [-0.1, -0.05) is 0 Å². The first kappa shape index (κ1) is 19.0. The zero-order chi connectivity index (χ0) is 18.9. The Hall–Kier alpha value is -3.29. The summed E-state index contributed by atoms with van der Waals surface area (Å²) in [6, 6.07) is 13.4. The standard InChI is InChI=1S/C18H20N4O4/c1-3-21(12-13-26-14(2)23)17-8-4-15(5-9-17)19-20-16-6-10-18(11-7-16)22(24)25/h4-11H,3,12-13H2,1-2H3. The van der Waals surface area contributed by atoms with Gasteiger partial charge in [-0.2, -0.15) is 10.2 Å². The van der Waals surface area contributed by atoms with E-state index in [0.29, 0.717) is 24.5 Å². The quantitative estimate of drug-likeness (QED) is 0.302. The molecule has 0 aliphatic rings. The highest BCUT2D eigenvalue weighted by Gasteiger charge is 2.06. The smallest absolute Gasteiger partial charge is 0.302 e. The van der Waals surface area contributed by atoms with Gasteiger partial charge in [-0.25, -0.2) is 0 Å². The van der Waals surface area contributed by atoms with Gasteiger partial charge < -0.3 is 9.64 Å². The summed E-state index contributed by atoms with van der Waals surface area (Å²) in [6.07, 6.45) is 0. The molecule has 0 aliphatic carbocycles. The molecule has 0 amide bonds. The number of carbonyl (C=O) groups is 1. The van der Waals surface area contributed by atoms with E-state index in [1.807, 2.05) is 31.2 Å². The van der Waals surface area contributed by atoms with E-state index in [1.54, 1.807) is 12.1 Å². The third kappa shape index (κ3) is 5.66. The van der Waals surface area contributed by atoms with Crippen LogP contribution in [0, 0.1) is 10.1 Å². The van der Waals surface area contributed by atoms with Crippen molar-refractivity contribution >= 4 is 28.7 Å². The number of benzene rings is 2. The molecule has 2 rings (SSSR count). The highest BCUT2D eigenvalue weighted by Crippen LogP contribution is 2.23. The molecule has 136 valence electrons. The maximum absolute atomic E-state index is 10.8. The summed E-state index contributed by atoms with van der Waals surface area (Å²) in [7, 11) is 0. The Balaban J connectivity index is 1.99. The number of nitro benzene ring substituents is 1. The van der Waals surface area contributed by atoms with Gasteiger partial charge >= 0.3 is 5.97 Å². The Morgan fingerprint density at radius 1 is 1.08 bits per heavy atom. The van der Waals surface area contributed by atoms with Gasteiger partial charge in [-0.3, -0.25) is 14.9 Å². The molecule has 2 aromatic carbocycles. The molecule has 2 aromatic rings. The van der Waals surface area contributed by atoms with E-state index in [0.717, 1.165) is 12.2 Å². The van der Waals surface area contributed by atoms with E-state index >= 15 is 0 Å². The number of esters is 1. The Morgan fingerprint density at radius 2 is 1.62 bits per heavy atom. The molecular formula is C18H20N4O4. The molecule has 0 saturated carbocycles. The minimum atomic E-state index is -0.458. The van der Waals surface area contributed by atoms with Gasteiger partial charge in [-0.05, 0) is 43.3 Å². The summed E-state index contributed by atoms with van der Waals surface area (Å²) in [5.41, 5.74) is 2.22. The van der Waals surface area contributed by atoms with Crippen LogP contribution in [0.4, 0.5) is 22.7 Å². The van der Waals surface area contributed by atoms with Gasteiger partial charge in [0.2, 0.25) is 0 Å². The lowest BCUT2D eigenvalue weighted by molar-refractivity contribution is -0.384. The van der Waals surface area contributed by atoms with E-state index in [2.05, 4.69) is 15.1 Å². The van der Waals surface area contributed by atoms with Crippen molar-refractivity contribution in [3.8, 4) is 0 Å². The van der Waals surface area contributed by atoms with Gasteiger partial charge in [0.1, 0.15) is 6.61 Å². The molecule has 0 atom stereocenters. The highest BCUT2D eigenvalue weighted by molar-refractivity contribution is 5.66. The van der Waals surface area contributed by atoms with Crippen LogP contribution in [0.1, 0.15) is 13.8 Å². The average Bonchev–Trinajstić information content (AvgIpc) is 2.64. The van der Waals surface area contributed by atoms with Crippen LogP contribution in [-0.4, -0.2) is 30.6 Å². The summed E-state index contributed by atoms with van der Waals surface area (Å²) >= 11 is 0. The summed E-state index contributed by atoms with van der Waals surface area (Å²) in [5.74, 6) is -0.289. The van der Waals surface area contributed by atoms with Crippen molar-refractivity contribution in [2.45, 2.75) is 13.8 Å². The fraction of sp³-hybridized carbons (Fsp3) is 0.278. The van der Waals surface area contributed by atoms with Crippen molar-refractivity contribution in [1.29, 1.82) is 0 Å². The molecule has 0 bridgehead atoms. The second-order valence-electron chi connectivity index (χ2n) is 5.41. The lowest BCUT2D eigenvalue weighted by atomic mass is 10.2. The summed E-state index contributed by atoms with van der Waals surface area (Å²) in [5, 5.41) is 18.8. The van der Waals surface area contributed by atoms with E-state index in [9.17, 15) is 14.9 Å². The first-order chi connectivity index (χ1) is 12.5. The van der Waals surface area contributed by atoms with Crippen LogP contribution < -0.4 is 4.90 Å². The van der Waals surface area contributed by atoms with Crippen molar-refractivity contribution < 1.29 is 14.5 Å². The fourth-order valence-electron chi connectivity index (χ4n) is 2.26. The molecule has 0 N–H and O–H groups in total. The Bertz CT molecular complexity index is 773. The summed E-state index contributed by atoms with van der Waals surface area (Å²) < 4.78 is 4.97. The zero-order valence-corrected chi connectivity index (χ0v) is 14.7. The first-order valence-corrected chi connectivity index (χ1v) is 8.14. The number of ether oxygens (including phenoxy) is 1. The second-order valence-corrected chi connectivity index (χ2v) is 5.41. The number of non-ortho nitro benzene ring substituents is 1. The molecule has 0 radical (unpaired) electrons. The third-order valence-corrected chi connectivity index (χ3v) is 3.60. The molecule has 8 heteroatoms. The van der Waals surface area contributed by atoms with Gasteiger partial charge in [0.25, 0.3) is 5.69 Å². The van der Waals surface area contributed by atoms with Crippen LogP contribution in [0.5, 0.6) is 0 Å². The van der Waals surface area contributed by atoms with E-state index in [1.165, 1.54) is 19.1 Å². The van der Waals surface area contributed by atoms with E-state index in [-0.39, 0.29) is 11.7 Å². The summed E-state index contributed by atoms with van der Waals surface area (Å²) in [6.45, 7) is 5.15. The molecule has 26 heavy (non-hydrogen) atoms. The minimum absolute atomic E-state index is 0.0155. The van der Waals surface area contributed by atoms with Crippen molar-refractivity contribution in [2.75, 3.05) is 24.6 Å². The minimum Gasteiger partial charge on any atom is -0.464 e. The van der Waals surface area contributed by atoms with Crippen LogP contribution >= 0.6 is 0 Å². The predicted octanol–water partition coefficient (Wildman–Crippen LogP) is 4.40. The maximum Gasteiger partial charge on any atom is 0.302 e. The molecule has 0 spiro atoms. The number of azo groups is 1.